The van der Waals surface area contributed by atoms with E-state index in [0.717, 1.165) is 19.4 Å². The highest BCUT2D eigenvalue weighted by Gasteiger charge is 2.39. The second-order valence-electron chi connectivity index (χ2n) is 6.85. The lowest BCUT2D eigenvalue weighted by molar-refractivity contribution is -0.146. The predicted molar refractivity (Wildman–Crippen MR) is 88.8 cm³/mol. The Balaban J connectivity index is 1.72. The van der Waals surface area contributed by atoms with E-state index >= 15 is 0 Å². The van der Waals surface area contributed by atoms with Crippen molar-refractivity contribution in [3.63, 3.8) is 0 Å². The van der Waals surface area contributed by atoms with Crippen LogP contribution in [-0.2, 0) is 9.53 Å². The summed E-state index contributed by atoms with van der Waals surface area (Å²) >= 11 is 0. The van der Waals surface area contributed by atoms with Gasteiger partial charge in [0, 0.05) is 31.6 Å². The first-order valence-corrected chi connectivity index (χ1v) is 8.78. The van der Waals surface area contributed by atoms with Crippen LogP contribution in [0.3, 0.4) is 0 Å². The summed E-state index contributed by atoms with van der Waals surface area (Å²) in [4.78, 5) is 29.4. The predicted octanol–water partition coefficient (Wildman–Crippen LogP) is 1.95. The molecule has 0 radical (unpaired) electrons. The number of nitrogens with zero attached hydrogens (tertiary/aromatic N) is 2. The molecule has 0 unspecified atom stereocenters. The summed E-state index contributed by atoms with van der Waals surface area (Å²) in [5.41, 5.74) is 0. The molecule has 2 saturated heterocycles. The highest BCUT2D eigenvalue weighted by atomic mass is 16.5. The van der Waals surface area contributed by atoms with E-state index in [1.807, 2.05) is 4.90 Å². The molecule has 2 aliphatic heterocycles. The lowest BCUT2D eigenvalue weighted by Gasteiger charge is -2.45. The van der Waals surface area contributed by atoms with E-state index in [-0.39, 0.29) is 29.8 Å². The first-order chi connectivity index (χ1) is 11.6. The molecule has 0 aromatic carbocycles. The zero-order chi connectivity index (χ0) is 17.1. The molecule has 2 atom stereocenters. The van der Waals surface area contributed by atoms with Crippen molar-refractivity contribution in [2.75, 3.05) is 26.3 Å². The van der Waals surface area contributed by atoms with Crippen LogP contribution in [0.2, 0.25) is 0 Å². The van der Waals surface area contributed by atoms with Crippen molar-refractivity contribution < 1.29 is 18.7 Å². The summed E-state index contributed by atoms with van der Waals surface area (Å²) in [7, 11) is 0. The lowest BCUT2D eigenvalue weighted by atomic mass is 9.97. The standard InChI is InChI=1S/C18H26N2O4/c1-13(2)19-7-3-5-15(18(19)22)20-8-10-23-12-14(20)11-16(21)17-6-4-9-24-17/h4,6,9,13-15H,3,5,7-8,10-12H2,1-2H3/t14-,15+/m0/s1. The van der Waals surface area contributed by atoms with Crippen molar-refractivity contribution >= 4 is 11.7 Å². The third kappa shape index (κ3) is 3.54. The van der Waals surface area contributed by atoms with Crippen LogP contribution >= 0.6 is 0 Å². The largest absolute Gasteiger partial charge is 0.461 e. The minimum absolute atomic E-state index is 0.0375. The average molecular weight is 334 g/mol. The minimum atomic E-state index is -0.139. The number of hydrogen-bond donors (Lipinski definition) is 0. The molecule has 0 spiro atoms. The fourth-order valence-electron chi connectivity index (χ4n) is 3.71. The zero-order valence-electron chi connectivity index (χ0n) is 14.4. The number of hydrogen-bond acceptors (Lipinski definition) is 5. The van der Waals surface area contributed by atoms with Crippen molar-refractivity contribution in [1.29, 1.82) is 0 Å². The molecule has 3 rings (SSSR count). The lowest BCUT2D eigenvalue weighted by Crippen LogP contribution is -2.60. The van der Waals surface area contributed by atoms with Crippen molar-refractivity contribution in [2.24, 2.45) is 0 Å². The number of morpholine rings is 1. The number of piperidine rings is 1. The number of ketones is 1. The molecule has 1 amide bonds. The number of rotatable bonds is 5. The Morgan fingerprint density at radius 3 is 2.92 bits per heavy atom. The van der Waals surface area contributed by atoms with Crippen molar-refractivity contribution in [3.05, 3.63) is 24.2 Å². The number of likely N-dealkylation sites (tertiary alicyclic amines) is 1. The molecule has 1 aromatic rings. The maximum Gasteiger partial charge on any atom is 0.240 e. The van der Waals surface area contributed by atoms with Gasteiger partial charge in [0.25, 0.3) is 0 Å². The van der Waals surface area contributed by atoms with E-state index in [1.165, 1.54) is 6.26 Å². The molecule has 0 aliphatic carbocycles. The molecule has 2 aliphatic rings. The number of carbonyl (C=O) groups is 2. The molecule has 6 nitrogen and oxygen atoms in total. The first-order valence-electron chi connectivity index (χ1n) is 8.78. The third-order valence-electron chi connectivity index (χ3n) is 4.96. The Morgan fingerprint density at radius 2 is 2.21 bits per heavy atom. The van der Waals surface area contributed by atoms with Gasteiger partial charge in [0.05, 0.1) is 25.5 Å². The highest BCUT2D eigenvalue weighted by molar-refractivity contribution is 5.93. The van der Waals surface area contributed by atoms with Gasteiger partial charge in [-0.3, -0.25) is 14.5 Å². The molecular formula is C18H26N2O4. The smallest absolute Gasteiger partial charge is 0.240 e. The Hall–Kier alpha value is -1.66. The molecule has 3 heterocycles. The Kier molecular flexibility index (Phi) is 5.36. The van der Waals surface area contributed by atoms with Gasteiger partial charge in [-0.1, -0.05) is 0 Å². The highest BCUT2D eigenvalue weighted by Crippen LogP contribution is 2.25. The Labute approximate surface area is 142 Å². The fraction of sp³-hybridized carbons (Fsp3) is 0.667. The molecule has 0 bridgehead atoms. The SMILES string of the molecule is CC(C)N1CCC[C@@H](N2CCOC[C@@H]2CC(=O)c2ccco2)C1=O. The van der Waals surface area contributed by atoms with Crippen LogP contribution in [0.1, 0.15) is 43.7 Å². The van der Waals surface area contributed by atoms with Crippen LogP contribution in [0, 0.1) is 0 Å². The van der Waals surface area contributed by atoms with Gasteiger partial charge in [-0.2, -0.15) is 0 Å². The first kappa shape index (κ1) is 17.2. The van der Waals surface area contributed by atoms with Gasteiger partial charge in [0.15, 0.2) is 11.5 Å². The summed E-state index contributed by atoms with van der Waals surface area (Å²) in [6.45, 7) is 6.72. The van der Waals surface area contributed by atoms with Gasteiger partial charge >= 0.3 is 0 Å². The summed E-state index contributed by atoms with van der Waals surface area (Å²) in [6, 6.07) is 3.40. The van der Waals surface area contributed by atoms with Crippen LogP contribution in [0.15, 0.2) is 22.8 Å². The second-order valence-corrected chi connectivity index (χ2v) is 6.85. The molecule has 0 N–H and O–H groups in total. The van der Waals surface area contributed by atoms with E-state index < -0.39 is 0 Å². The topological polar surface area (TPSA) is 63.0 Å². The van der Waals surface area contributed by atoms with Crippen molar-refractivity contribution in [1.82, 2.24) is 9.80 Å². The average Bonchev–Trinajstić information content (AvgIpc) is 3.10. The number of Topliss-reactive ketones (excluding diaryl/α,β-unsaturated/α-hetero) is 1. The molecule has 2 fully saturated rings. The van der Waals surface area contributed by atoms with E-state index in [2.05, 4.69) is 18.7 Å². The summed E-state index contributed by atoms with van der Waals surface area (Å²) in [6.07, 6.45) is 3.69. The quantitative estimate of drug-likeness (QED) is 0.770. The van der Waals surface area contributed by atoms with Crippen LogP contribution in [-0.4, -0.2) is 65.9 Å². The number of ether oxygens (including phenoxy) is 1. The van der Waals surface area contributed by atoms with Crippen molar-refractivity contribution in [2.45, 2.75) is 51.2 Å². The van der Waals surface area contributed by atoms with E-state index in [0.29, 0.717) is 31.9 Å². The van der Waals surface area contributed by atoms with Crippen molar-refractivity contribution in [3.8, 4) is 0 Å². The monoisotopic (exact) mass is 334 g/mol. The molecule has 24 heavy (non-hydrogen) atoms. The summed E-state index contributed by atoms with van der Waals surface area (Å²) in [5, 5.41) is 0. The molecular weight excluding hydrogens is 308 g/mol. The van der Waals surface area contributed by atoms with Gasteiger partial charge in [0.2, 0.25) is 5.91 Å². The summed E-state index contributed by atoms with van der Waals surface area (Å²) in [5.74, 6) is 0.525. The van der Waals surface area contributed by atoms with E-state index in [1.54, 1.807) is 12.1 Å². The normalized spacial score (nSPS) is 26.1. The van der Waals surface area contributed by atoms with Gasteiger partial charge in [-0.15, -0.1) is 0 Å². The van der Waals surface area contributed by atoms with E-state index in [4.69, 9.17) is 9.15 Å². The van der Waals surface area contributed by atoms with Crippen LogP contribution in [0.4, 0.5) is 0 Å². The van der Waals surface area contributed by atoms with Crippen LogP contribution in [0.25, 0.3) is 0 Å². The fourth-order valence-corrected chi connectivity index (χ4v) is 3.71. The number of furan rings is 1. The molecule has 1 aromatic heterocycles. The van der Waals surface area contributed by atoms with Gasteiger partial charge in [-0.25, -0.2) is 0 Å². The number of carbonyl (C=O) groups excluding carboxylic acids is 2. The Bertz CT molecular complexity index is 570. The van der Waals surface area contributed by atoms with Gasteiger partial charge in [-0.05, 0) is 38.8 Å². The summed E-state index contributed by atoms with van der Waals surface area (Å²) < 4.78 is 10.8. The molecule has 6 heteroatoms. The van der Waals surface area contributed by atoms with E-state index in [9.17, 15) is 9.59 Å². The minimum Gasteiger partial charge on any atom is -0.461 e. The maximum absolute atomic E-state index is 12.9. The zero-order valence-corrected chi connectivity index (χ0v) is 14.4. The molecule has 0 saturated carbocycles. The Morgan fingerprint density at radius 1 is 1.38 bits per heavy atom. The third-order valence-corrected chi connectivity index (χ3v) is 4.96. The van der Waals surface area contributed by atoms with Crippen LogP contribution in [0.5, 0.6) is 0 Å². The second kappa shape index (κ2) is 7.49. The van der Waals surface area contributed by atoms with Gasteiger partial charge < -0.3 is 14.1 Å². The molecule has 132 valence electrons. The maximum atomic E-state index is 12.9. The van der Waals surface area contributed by atoms with Crippen LogP contribution < -0.4 is 0 Å². The van der Waals surface area contributed by atoms with Gasteiger partial charge in [0.1, 0.15) is 0 Å². The number of amides is 1.